The summed E-state index contributed by atoms with van der Waals surface area (Å²) in [5, 5.41) is 6.61. The summed E-state index contributed by atoms with van der Waals surface area (Å²) in [4.78, 5) is 0.179. The zero-order valence-electron chi connectivity index (χ0n) is 11.5. The van der Waals surface area contributed by atoms with E-state index in [1.165, 1.54) is 4.31 Å². The molecule has 1 heterocycles. The topological polar surface area (TPSA) is 92.1 Å². The Morgan fingerprint density at radius 3 is 2.55 bits per heavy atom. The zero-order valence-corrected chi connectivity index (χ0v) is 12.3. The smallest absolute Gasteiger partial charge is 0.246 e. The lowest BCUT2D eigenvalue weighted by molar-refractivity contribution is 0.465. The van der Waals surface area contributed by atoms with Crippen molar-refractivity contribution in [3.63, 3.8) is 0 Å². The van der Waals surface area contributed by atoms with Gasteiger partial charge in [-0.25, -0.2) is 8.42 Å². The third-order valence-electron chi connectivity index (χ3n) is 3.07. The van der Waals surface area contributed by atoms with E-state index >= 15 is 0 Å². The molecular formula is C13H18N4O2S. The molecule has 2 rings (SSSR count). The number of H-pyrrole nitrogens is 1. The number of aromatic nitrogens is 2. The fourth-order valence-corrected chi connectivity index (χ4v) is 3.52. The van der Waals surface area contributed by atoms with Crippen molar-refractivity contribution in [3.05, 3.63) is 47.3 Å². The maximum Gasteiger partial charge on any atom is 0.246 e. The highest BCUT2D eigenvalue weighted by molar-refractivity contribution is 7.89. The van der Waals surface area contributed by atoms with Gasteiger partial charge in [0, 0.05) is 20.1 Å². The molecule has 0 bridgehead atoms. The monoisotopic (exact) mass is 294 g/mol. The molecule has 6 nitrogen and oxygen atoms in total. The molecule has 0 atom stereocenters. The van der Waals surface area contributed by atoms with E-state index < -0.39 is 10.0 Å². The number of benzene rings is 1. The average molecular weight is 294 g/mol. The lowest BCUT2D eigenvalue weighted by atomic mass is 10.2. The number of hydrogen-bond donors (Lipinski definition) is 2. The van der Waals surface area contributed by atoms with Crippen LogP contribution < -0.4 is 5.73 Å². The predicted octanol–water partition coefficient (Wildman–Crippen LogP) is 0.998. The Kier molecular flexibility index (Phi) is 4.22. The van der Waals surface area contributed by atoms with Crippen molar-refractivity contribution < 1.29 is 8.42 Å². The molecular weight excluding hydrogens is 276 g/mol. The molecule has 0 spiro atoms. The van der Waals surface area contributed by atoms with Gasteiger partial charge in [-0.05, 0) is 12.5 Å². The van der Waals surface area contributed by atoms with Crippen molar-refractivity contribution in [2.45, 2.75) is 24.9 Å². The van der Waals surface area contributed by atoms with Crippen LogP contribution in [-0.4, -0.2) is 30.0 Å². The third kappa shape index (κ3) is 2.74. The van der Waals surface area contributed by atoms with E-state index in [0.29, 0.717) is 17.9 Å². The summed E-state index contributed by atoms with van der Waals surface area (Å²) in [6, 6.07) is 9.43. The number of nitrogens with two attached hydrogens (primary N) is 1. The molecule has 0 unspecified atom stereocenters. The van der Waals surface area contributed by atoms with Crippen molar-refractivity contribution in [2.75, 3.05) is 7.05 Å². The van der Waals surface area contributed by atoms with Gasteiger partial charge >= 0.3 is 0 Å². The van der Waals surface area contributed by atoms with Gasteiger partial charge in [0.2, 0.25) is 10.0 Å². The highest BCUT2D eigenvalue weighted by atomic mass is 32.2. The lowest BCUT2D eigenvalue weighted by Gasteiger charge is -2.17. The summed E-state index contributed by atoms with van der Waals surface area (Å²) in [6.45, 7) is 2.06. The minimum Gasteiger partial charge on any atom is -0.325 e. The lowest BCUT2D eigenvalue weighted by Crippen LogP contribution is -2.28. The van der Waals surface area contributed by atoms with E-state index in [9.17, 15) is 8.42 Å². The summed E-state index contributed by atoms with van der Waals surface area (Å²) in [6.07, 6.45) is 0. The van der Waals surface area contributed by atoms with Crippen LogP contribution in [0.25, 0.3) is 0 Å². The first-order chi connectivity index (χ1) is 9.46. The van der Waals surface area contributed by atoms with Crippen LogP contribution in [0, 0.1) is 6.92 Å². The first-order valence-electron chi connectivity index (χ1n) is 6.21. The van der Waals surface area contributed by atoms with Crippen molar-refractivity contribution in [1.29, 1.82) is 0 Å². The number of hydrogen-bond acceptors (Lipinski definition) is 4. The fraction of sp³-hybridized carbons (Fsp3) is 0.308. The average Bonchev–Trinajstić information content (AvgIpc) is 2.81. The molecule has 0 fully saturated rings. The zero-order chi connectivity index (χ0) is 14.8. The quantitative estimate of drug-likeness (QED) is 0.860. The summed E-state index contributed by atoms with van der Waals surface area (Å²) < 4.78 is 26.5. The van der Waals surface area contributed by atoms with Crippen LogP contribution in [0.3, 0.4) is 0 Å². The first kappa shape index (κ1) is 14.7. The second kappa shape index (κ2) is 5.74. The maximum atomic E-state index is 12.6. The van der Waals surface area contributed by atoms with Crippen molar-refractivity contribution in [3.8, 4) is 0 Å². The fourth-order valence-electron chi connectivity index (χ4n) is 2.03. The molecule has 2 aromatic rings. The molecule has 0 aliphatic rings. The van der Waals surface area contributed by atoms with E-state index in [-0.39, 0.29) is 11.4 Å². The van der Waals surface area contributed by atoms with Gasteiger partial charge in [-0.2, -0.15) is 9.40 Å². The van der Waals surface area contributed by atoms with Gasteiger partial charge in [0.05, 0.1) is 11.4 Å². The van der Waals surface area contributed by atoms with E-state index in [1.54, 1.807) is 14.0 Å². The minimum atomic E-state index is -3.61. The molecule has 20 heavy (non-hydrogen) atoms. The van der Waals surface area contributed by atoms with Gasteiger partial charge < -0.3 is 5.73 Å². The number of aryl methyl sites for hydroxylation is 1. The van der Waals surface area contributed by atoms with Crippen molar-refractivity contribution >= 4 is 10.0 Å². The highest BCUT2D eigenvalue weighted by Gasteiger charge is 2.27. The van der Waals surface area contributed by atoms with E-state index in [4.69, 9.17) is 5.73 Å². The number of nitrogens with one attached hydrogen (secondary N) is 1. The van der Waals surface area contributed by atoms with Gasteiger partial charge in [-0.15, -0.1) is 0 Å². The van der Waals surface area contributed by atoms with Crippen LogP contribution in [0.2, 0.25) is 0 Å². The molecule has 0 saturated carbocycles. The maximum absolute atomic E-state index is 12.6. The van der Waals surface area contributed by atoms with Crippen LogP contribution in [0.5, 0.6) is 0 Å². The number of sulfonamides is 1. The summed E-state index contributed by atoms with van der Waals surface area (Å²) in [7, 11) is -2.06. The van der Waals surface area contributed by atoms with Crippen molar-refractivity contribution in [1.82, 2.24) is 14.5 Å². The molecule has 0 radical (unpaired) electrons. The second-order valence-electron chi connectivity index (χ2n) is 4.58. The van der Waals surface area contributed by atoms with Crippen LogP contribution in [0.1, 0.15) is 17.0 Å². The Bertz CT molecular complexity index is 680. The normalized spacial score (nSPS) is 12.0. The van der Waals surface area contributed by atoms with E-state index in [0.717, 1.165) is 5.56 Å². The minimum absolute atomic E-state index is 0.0814. The molecule has 0 saturated heterocycles. The van der Waals surface area contributed by atoms with Gasteiger partial charge in [0.1, 0.15) is 4.90 Å². The molecule has 7 heteroatoms. The van der Waals surface area contributed by atoms with Gasteiger partial charge in [-0.1, -0.05) is 30.3 Å². The van der Waals surface area contributed by atoms with Gasteiger partial charge in [0.25, 0.3) is 0 Å². The molecule has 3 N–H and O–H groups in total. The Morgan fingerprint density at radius 2 is 1.95 bits per heavy atom. The van der Waals surface area contributed by atoms with Crippen LogP contribution >= 0.6 is 0 Å². The summed E-state index contributed by atoms with van der Waals surface area (Å²) in [5.41, 5.74) is 7.34. The Morgan fingerprint density at radius 1 is 1.30 bits per heavy atom. The second-order valence-corrected chi connectivity index (χ2v) is 6.56. The summed E-state index contributed by atoms with van der Waals surface area (Å²) >= 11 is 0. The Balaban J connectivity index is 2.32. The Hall–Kier alpha value is -1.70. The third-order valence-corrected chi connectivity index (χ3v) is 5.08. The molecule has 0 aliphatic heterocycles. The number of rotatable bonds is 5. The molecule has 0 amide bonds. The van der Waals surface area contributed by atoms with E-state index in [2.05, 4.69) is 10.2 Å². The Labute approximate surface area is 118 Å². The predicted molar refractivity (Wildman–Crippen MR) is 76.3 cm³/mol. The standard InChI is InChI=1S/C13H18N4O2S/c1-10-13(12(8-14)16-15-10)20(18,19)17(2)9-11-6-4-3-5-7-11/h3-7H,8-9,14H2,1-2H3,(H,15,16). The number of nitrogens with zero attached hydrogens (tertiary/aromatic N) is 2. The van der Waals surface area contributed by atoms with Crippen LogP contribution in [-0.2, 0) is 23.1 Å². The van der Waals surface area contributed by atoms with Crippen LogP contribution in [0.15, 0.2) is 35.2 Å². The number of aromatic amines is 1. The molecule has 0 aliphatic carbocycles. The first-order valence-corrected chi connectivity index (χ1v) is 7.65. The van der Waals surface area contributed by atoms with Crippen molar-refractivity contribution in [2.24, 2.45) is 5.73 Å². The van der Waals surface area contributed by atoms with E-state index in [1.807, 2.05) is 30.3 Å². The summed E-state index contributed by atoms with van der Waals surface area (Å²) in [5.74, 6) is 0. The van der Waals surface area contributed by atoms with Gasteiger partial charge in [-0.3, -0.25) is 5.10 Å². The highest BCUT2D eigenvalue weighted by Crippen LogP contribution is 2.22. The molecule has 108 valence electrons. The SMILES string of the molecule is Cc1[nH]nc(CN)c1S(=O)(=O)N(C)Cc1ccccc1. The van der Waals surface area contributed by atoms with Crippen LogP contribution in [0.4, 0.5) is 0 Å². The largest absolute Gasteiger partial charge is 0.325 e. The molecule has 1 aromatic heterocycles. The molecule has 1 aromatic carbocycles. The van der Waals surface area contributed by atoms with Gasteiger partial charge in [0.15, 0.2) is 0 Å².